The summed E-state index contributed by atoms with van der Waals surface area (Å²) >= 11 is 6.13. The number of piperidine rings is 1. The lowest BCUT2D eigenvalue weighted by Gasteiger charge is -2.27. The van der Waals surface area contributed by atoms with Gasteiger partial charge >= 0.3 is 5.97 Å². The van der Waals surface area contributed by atoms with Gasteiger partial charge in [0.05, 0.1) is 17.9 Å². The van der Waals surface area contributed by atoms with Crippen LogP contribution in [-0.4, -0.2) is 41.9 Å². The second-order valence-corrected chi connectivity index (χ2v) is 9.85. The number of esters is 1. The summed E-state index contributed by atoms with van der Waals surface area (Å²) in [5.41, 5.74) is 1.70. The number of nitrogens with zero attached hydrogens (tertiary/aromatic N) is 2. The van der Waals surface area contributed by atoms with Crippen LogP contribution in [0.5, 0.6) is 0 Å². The molecule has 180 valence electrons. The summed E-state index contributed by atoms with van der Waals surface area (Å²) in [6, 6.07) is 15.4. The average Bonchev–Trinajstić information content (AvgIpc) is 3.42. The first-order valence-electron chi connectivity index (χ1n) is 11.5. The molecule has 2 bridgehead atoms. The maximum Gasteiger partial charge on any atom is 0.340 e. The minimum atomic E-state index is -0.525. The zero-order valence-electron chi connectivity index (χ0n) is 19.0. The summed E-state index contributed by atoms with van der Waals surface area (Å²) in [5.74, 6) is -0.772. The number of anilines is 1. The second-order valence-electron chi connectivity index (χ2n) is 9.42. The number of ether oxygens (including phenoxy) is 1. The molecule has 0 spiro atoms. The van der Waals surface area contributed by atoms with Crippen LogP contribution in [-0.2, 0) is 20.9 Å². The van der Waals surface area contributed by atoms with Gasteiger partial charge in [-0.15, -0.1) is 12.4 Å². The fraction of sp³-hybridized carbons (Fsp3) is 0.423. The van der Waals surface area contributed by atoms with Crippen LogP contribution < -0.4 is 4.90 Å². The molecule has 2 aromatic rings. The number of hydrogen-bond acceptors (Lipinski definition) is 5. The van der Waals surface area contributed by atoms with E-state index in [2.05, 4.69) is 29.2 Å². The van der Waals surface area contributed by atoms with Crippen LogP contribution in [0, 0.1) is 17.8 Å². The van der Waals surface area contributed by atoms with Crippen LogP contribution >= 0.6 is 24.0 Å². The molecule has 34 heavy (non-hydrogen) atoms. The van der Waals surface area contributed by atoms with Crippen molar-refractivity contribution in [2.75, 3.05) is 18.1 Å². The lowest BCUT2D eigenvalue weighted by Crippen LogP contribution is -2.34. The van der Waals surface area contributed by atoms with Gasteiger partial charge in [0.2, 0.25) is 11.8 Å². The summed E-state index contributed by atoms with van der Waals surface area (Å²) in [4.78, 5) is 41.6. The van der Waals surface area contributed by atoms with E-state index in [9.17, 15) is 14.4 Å². The molecule has 0 N–H and O–H groups in total. The first kappa shape index (κ1) is 24.7. The number of benzene rings is 2. The number of halogens is 2. The number of hydrogen-bond donors (Lipinski definition) is 0. The Kier molecular flexibility index (Phi) is 7.31. The molecule has 3 aliphatic rings. The minimum Gasteiger partial charge on any atom is -0.462 e. The predicted molar refractivity (Wildman–Crippen MR) is 132 cm³/mol. The Morgan fingerprint density at radius 1 is 1.12 bits per heavy atom. The number of fused-ring (bicyclic) bond motifs is 2. The van der Waals surface area contributed by atoms with Crippen LogP contribution in [0.15, 0.2) is 48.5 Å². The first-order chi connectivity index (χ1) is 15.9. The molecule has 8 heteroatoms. The van der Waals surface area contributed by atoms with Crippen LogP contribution in [0.3, 0.4) is 0 Å². The third-order valence-corrected chi connectivity index (χ3v) is 7.53. The van der Waals surface area contributed by atoms with Gasteiger partial charge in [-0.3, -0.25) is 14.5 Å². The largest absolute Gasteiger partial charge is 0.462 e. The molecule has 0 radical (unpaired) electrons. The van der Waals surface area contributed by atoms with E-state index in [0.29, 0.717) is 29.5 Å². The summed E-state index contributed by atoms with van der Waals surface area (Å²) in [7, 11) is 0. The number of carbonyl (C=O) groups excluding carboxylic acids is 3. The molecule has 3 fully saturated rings. The molecule has 2 saturated heterocycles. The number of imide groups is 1. The molecule has 6 nitrogen and oxygen atoms in total. The van der Waals surface area contributed by atoms with Crippen LogP contribution in [0.1, 0.15) is 42.1 Å². The summed E-state index contributed by atoms with van der Waals surface area (Å²) in [5, 5.41) is 0.354. The predicted octanol–water partition coefficient (Wildman–Crippen LogP) is 4.73. The average molecular weight is 503 g/mol. The van der Waals surface area contributed by atoms with Crippen molar-refractivity contribution in [2.24, 2.45) is 17.8 Å². The summed E-state index contributed by atoms with van der Waals surface area (Å²) < 4.78 is 5.77. The zero-order chi connectivity index (χ0) is 23.1. The summed E-state index contributed by atoms with van der Waals surface area (Å²) in [6.45, 7) is 3.97. The SMILES string of the molecule is CC1CC(=O)N(c2cc(Cl)ccc2C(=O)OCC2C3CCC2N(Cc2ccccc2)C3)C1=O.Cl. The fourth-order valence-electron chi connectivity index (χ4n) is 5.64. The molecule has 1 saturated carbocycles. The Morgan fingerprint density at radius 3 is 2.59 bits per heavy atom. The van der Waals surface area contributed by atoms with E-state index in [0.717, 1.165) is 30.8 Å². The number of carbonyl (C=O) groups is 3. The van der Waals surface area contributed by atoms with Crippen LogP contribution in [0.2, 0.25) is 5.02 Å². The Morgan fingerprint density at radius 2 is 1.88 bits per heavy atom. The third kappa shape index (κ3) is 4.59. The molecular formula is C26H28Cl2N2O4. The van der Waals surface area contributed by atoms with E-state index in [4.69, 9.17) is 16.3 Å². The van der Waals surface area contributed by atoms with Crippen LogP contribution in [0.4, 0.5) is 5.69 Å². The van der Waals surface area contributed by atoms with Crippen molar-refractivity contribution in [3.05, 3.63) is 64.7 Å². The van der Waals surface area contributed by atoms with Gasteiger partial charge in [-0.1, -0.05) is 48.9 Å². The molecule has 4 atom stereocenters. The van der Waals surface area contributed by atoms with Crippen molar-refractivity contribution >= 4 is 47.5 Å². The molecule has 0 aromatic heterocycles. The zero-order valence-corrected chi connectivity index (χ0v) is 20.6. The molecular weight excluding hydrogens is 475 g/mol. The highest BCUT2D eigenvalue weighted by Gasteiger charge is 2.47. The van der Waals surface area contributed by atoms with Gasteiger partial charge in [0.15, 0.2) is 0 Å². The molecule has 4 unspecified atom stereocenters. The first-order valence-corrected chi connectivity index (χ1v) is 11.9. The standard InChI is InChI=1S/C26H27ClN2O4.ClH/c1-16-11-24(30)29(25(16)31)23-12-19(27)8-9-20(23)26(32)33-15-21-18-7-10-22(21)28(14-18)13-17-5-3-2-4-6-17;/h2-6,8-9,12,16,18,21-22H,7,10-11,13-15H2,1H3;1H. The molecule has 1 aliphatic carbocycles. The van der Waals surface area contributed by atoms with Crippen molar-refractivity contribution in [3.63, 3.8) is 0 Å². The number of amides is 2. The smallest absolute Gasteiger partial charge is 0.340 e. The van der Waals surface area contributed by atoms with Gasteiger partial charge < -0.3 is 4.74 Å². The van der Waals surface area contributed by atoms with E-state index in [1.54, 1.807) is 13.0 Å². The molecule has 2 heterocycles. The van der Waals surface area contributed by atoms with E-state index < -0.39 is 11.9 Å². The molecule has 2 aromatic carbocycles. The van der Waals surface area contributed by atoms with Gasteiger partial charge in [-0.2, -0.15) is 0 Å². The van der Waals surface area contributed by atoms with Gasteiger partial charge in [0.25, 0.3) is 0 Å². The second kappa shape index (κ2) is 10.1. The van der Waals surface area contributed by atoms with E-state index in [1.165, 1.54) is 17.7 Å². The highest BCUT2D eigenvalue weighted by molar-refractivity contribution is 6.32. The molecule has 2 aliphatic heterocycles. The minimum absolute atomic E-state index is 0. The summed E-state index contributed by atoms with van der Waals surface area (Å²) in [6.07, 6.45) is 2.39. The maximum absolute atomic E-state index is 13.1. The van der Waals surface area contributed by atoms with Gasteiger partial charge in [-0.25, -0.2) is 9.69 Å². The van der Waals surface area contributed by atoms with Gasteiger partial charge in [0.1, 0.15) is 0 Å². The highest BCUT2D eigenvalue weighted by atomic mass is 35.5. The topological polar surface area (TPSA) is 66.9 Å². The molecule has 5 rings (SSSR count). The Balaban J connectivity index is 0.00000274. The lowest BCUT2D eigenvalue weighted by atomic mass is 9.99. The van der Waals surface area contributed by atoms with Crippen molar-refractivity contribution in [3.8, 4) is 0 Å². The van der Waals surface area contributed by atoms with Crippen molar-refractivity contribution in [1.29, 1.82) is 0 Å². The number of rotatable bonds is 6. The third-order valence-electron chi connectivity index (χ3n) is 7.30. The van der Waals surface area contributed by atoms with Crippen LogP contribution in [0.25, 0.3) is 0 Å². The normalized spacial score (nSPS) is 26.1. The van der Waals surface area contributed by atoms with E-state index in [-0.39, 0.29) is 41.9 Å². The maximum atomic E-state index is 13.1. The molecule has 2 amide bonds. The van der Waals surface area contributed by atoms with Gasteiger partial charge in [-0.05, 0) is 42.5 Å². The van der Waals surface area contributed by atoms with Crippen molar-refractivity contribution < 1.29 is 19.1 Å². The van der Waals surface area contributed by atoms with E-state index in [1.807, 2.05) is 6.07 Å². The van der Waals surface area contributed by atoms with Gasteiger partial charge in [0, 0.05) is 42.4 Å². The number of likely N-dealkylation sites (tertiary alicyclic amines) is 1. The Hall–Kier alpha value is -2.41. The van der Waals surface area contributed by atoms with Crippen molar-refractivity contribution in [2.45, 2.75) is 38.8 Å². The Bertz CT molecular complexity index is 1090. The lowest BCUT2D eigenvalue weighted by molar-refractivity contribution is -0.122. The van der Waals surface area contributed by atoms with E-state index >= 15 is 0 Å². The highest BCUT2D eigenvalue weighted by Crippen LogP contribution is 2.43. The quantitative estimate of drug-likeness (QED) is 0.421. The van der Waals surface area contributed by atoms with Crippen molar-refractivity contribution in [1.82, 2.24) is 4.90 Å². The fourth-order valence-corrected chi connectivity index (χ4v) is 5.81. The monoisotopic (exact) mass is 502 g/mol. The Labute approximate surface area is 210 Å².